The van der Waals surface area contributed by atoms with Crippen LogP contribution in [0.25, 0.3) is 0 Å². The third kappa shape index (κ3) is 2.42. The normalized spacial score (nSPS) is 10.5. The summed E-state index contributed by atoms with van der Waals surface area (Å²) in [4.78, 5) is 0. The van der Waals surface area contributed by atoms with Crippen LogP contribution in [-0.2, 0) is 0 Å². The Labute approximate surface area is 96.4 Å². The first kappa shape index (κ1) is 10.3. The van der Waals surface area contributed by atoms with Crippen molar-refractivity contribution in [1.82, 2.24) is 0 Å². The van der Waals surface area contributed by atoms with Crippen LogP contribution in [0.3, 0.4) is 0 Å². The molecule has 0 amide bonds. The smallest absolute Gasteiger partial charge is 0.0177 e. The standard InChI is InChI=1S/C14H14S/c15-11-14(12-7-3-1-4-8-12)13-9-5-2-6-10-13/h1-10,14-15H,11H2. The number of benzene rings is 2. The van der Waals surface area contributed by atoms with Crippen molar-refractivity contribution >= 4 is 12.6 Å². The van der Waals surface area contributed by atoms with E-state index < -0.39 is 0 Å². The molecule has 0 atom stereocenters. The first-order chi connectivity index (χ1) is 7.42. The molecule has 0 radical (unpaired) electrons. The Kier molecular flexibility index (Phi) is 3.46. The summed E-state index contributed by atoms with van der Waals surface area (Å²) in [5.74, 6) is 1.24. The molecule has 0 spiro atoms. The van der Waals surface area contributed by atoms with Crippen LogP contribution in [0.1, 0.15) is 17.0 Å². The summed E-state index contributed by atoms with van der Waals surface area (Å²) in [6.45, 7) is 0. The lowest BCUT2D eigenvalue weighted by Crippen LogP contribution is -2.01. The van der Waals surface area contributed by atoms with Crippen molar-refractivity contribution in [2.45, 2.75) is 5.92 Å². The lowest BCUT2D eigenvalue weighted by atomic mass is 9.93. The van der Waals surface area contributed by atoms with Crippen molar-refractivity contribution in [2.75, 3.05) is 5.75 Å². The lowest BCUT2D eigenvalue weighted by Gasteiger charge is -2.15. The molecule has 0 aliphatic rings. The van der Waals surface area contributed by atoms with Crippen LogP contribution in [0.2, 0.25) is 0 Å². The SMILES string of the molecule is SCC(c1ccccc1)c1ccccc1. The van der Waals surface area contributed by atoms with E-state index in [1.54, 1.807) is 0 Å². The molecule has 0 aliphatic carbocycles. The molecule has 2 aromatic carbocycles. The molecule has 0 fully saturated rings. The quantitative estimate of drug-likeness (QED) is 0.739. The minimum absolute atomic E-state index is 0.399. The second-order valence-electron chi connectivity index (χ2n) is 3.56. The Hall–Kier alpha value is -1.21. The Morgan fingerprint density at radius 1 is 0.733 bits per heavy atom. The van der Waals surface area contributed by atoms with Crippen molar-refractivity contribution in [3.8, 4) is 0 Å². The molecule has 0 unspecified atom stereocenters. The van der Waals surface area contributed by atoms with Crippen molar-refractivity contribution in [3.05, 3.63) is 71.8 Å². The zero-order chi connectivity index (χ0) is 10.5. The van der Waals surface area contributed by atoms with Gasteiger partial charge in [0.05, 0.1) is 0 Å². The van der Waals surface area contributed by atoms with E-state index in [9.17, 15) is 0 Å². The van der Waals surface area contributed by atoms with E-state index in [1.165, 1.54) is 11.1 Å². The maximum atomic E-state index is 4.44. The molecule has 2 aromatic rings. The van der Waals surface area contributed by atoms with Crippen LogP contribution in [0.15, 0.2) is 60.7 Å². The van der Waals surface area contributed by atoms with E-state index in [1.807, 2.05) is 12.1 Å². The first-order valence-corrected chi connectivity index (χ1v) is 5.76. The van der Waals surface area contributed by atoms with E-state index >= 15 is 0 Å². The number of hydrogen-bond donors (Lipinski definition) is 1. The van der Waals surface area contributed by atoms with Gasteiger partial charge in [-0.15, -0.1) is 0 Å². The number of rotatable bonds is 3. The molecule has 1 heteroatoms. The number of hydrogen-bond acceptors (Lipinski definition) is 1. The Morgan fingerprint density at radius 2 is 1.13 bits per heavy atom. The molecule has 0 saturated heterocycles. The van der Waals surface area contributed by atoms with Crippen molar-refractivity contribution in [3.63, 3.8) is 0 Å². The van der Waals surface area contributed by atoms with Crippen LogP contribution in [-0.4, -0.2) is 5.75 Å². The summed E-state index contributed by atoms with van der Waals surface area (Å²) < 4.78 is 0. The van der Waals surface area contributed by atoms with Gasteiger partial charge in [0, 0.05) is 11.7 Å². The van der Waals surface area contributed by atoms with Gasteiger partial charge < -0.3 is 0 Å². The van der Waals surface area contributed by atoms with Gasteiger partial charge in [0.25, 0.3) is 0 Å². The van der Waals surface area contributed by atoms with Gasteiger partial charge >= 0.3 is 0 Å². The minimum Gasteiger partial charge on any atom is -0.178 e. The maximum absolute atomic E-state index is 4.44. The molecular weight excluding hydrogens is 200 g/mol. The molecule has 2 rings (SSSR count). The van der Waals surface area contributed by atoms with Crippen LogP contribution in [0.5, 0.6) is 0 Å². The third-order valence-electron chi connectivity index (χ3n) is 2.59. The van der Waals surface area contributed by atoms with Crippen LogP contribution < -0.4 is 0 Å². The van der Waals surface area contributed by atoms with E-state index in [0.717, 1.165) is 5.75 Å². The molecule has 0 bridgehead atoms. The highest BCUT2D eigenvalue weighted by molar-refractivity contribution is 7.80. The van der Waals surface area contributed by atoms with E-state index in [4.69, 9.17) is 0 Å². The Balaban J connectivity index is 2.34. The maximum Gasteiger partial charge on any atom is 0.0177 e. The lowest BCUT2D eigenvalue weighted by molar-refractivity contribution is 0.940. The van der Waals surface area contributed by atoms with Gasteiger partial charge in [0.2, 0.25) is 0 Å². The average molecular weight is 214 g/mol. The van der Waals surface area contributed by atoms with Gasteiger partial charge in [-0.25, -0.2) is 0 Å². The molecular formula is C14H14S. The molecule has 0 nitrogen and oxygen atoms in total. The highest BCUT2D eigenvalue weighted by atomic mass is 32.1. The van der Waals surface area contributed by atoms with Gasteiger partial charge in [-0.05, 0) is 11.1 Å². The van der Waals surface area contributed by atoms with E-state index in [0.29, 0.717) is 5.92 Å². The molecule has 0 N–H and O–H groups in total. The Bertz CT molecular complexity index is 355. The van der Waals surface area contributed by atoms with Crippen LogP contribution in [0.4, 0.5) is 0 Å². The first-order valence-electron chi connectivity index (χ1n) is 5.12. The van der Waals surface area contributed by atoms with Gasteiger partial charge in [0.15, 0.2) is 0 Å². The fourth-order valence-corrected chi connectivity index (χ4v) is 2.20. The Morgan fingerprint density at radius 3 is 1.47 bits per heavy atom. The van der Waals surface area contributed by atoms with E-state index in [-0.39, 0.29) is 0 Å². The molecule has 0 heterocycles. The zero-order valence-electron chi connectivity index (χ0n) is 8.51. The summed E-state index contributed by atoms with van der Waals surface area (Å²) in [6, 6.07) is 21.0. The second kappa shape index (κ2) is 5.04. The molecule has 76 valence electrons. The van der Waals surface area contributed by atoms with Crippen molar-refractivity contribution in [1.29, 1.82) is 0 Å². The largest absolute Gasteiger partial charge is 0.178 e. The predicted molar refractivity (Wildman–Crippen MR) is 68.6 cm³/mol. The van der Waals surface area contributed by atoms with Crippen molar-refractivity contribution in [2.24, 2.45) is 0 Å². The highest BCUT2D eigenvalue weighted by Crippen LogP contribution is 2.25. The van der Waals surface area contributed by atoms with Gasteiger partial charge in [0.1, 0.15) is 0 Å². The zero-order valence-corrected chi connectivity index (χ0v) is 9.40. The fourth-order valence-electron chi connectivity index (χ4n) is 1.77. The summed E-state index contributed by atoms with van der Waals surface area (Å²) in [5, 5.41) is 0. The molecule has 15 heavy (non-hydrogen) atoms. The minimum atomic E-state index is 0.399. The second-order valence-corrected chi connectivity index (χ2v) is 3.92. The summed E-state index contributed by atoms with van der Waals surface area (Å²) >= 11 is 4.44. The van der Waals surface area contributed by atoms with Gasteiger partial charge in [-0.2, -0.15) is 12.6 Å². The van der Waals surface area contributed by atoms with Crippen LogP contribution >= 0.6 is 12.6 Å². The summed E-state index contributed by atoms with van der Waals surface area (Å²) in [7, 11) is 0. The molecule has 0 aliphatic heterocycles. The highest BCUT2D eigenvalue weighted by Gasteiger charge is 2.10. The average Bonchev–Trinajstić information content (AvgIpc) is 2.33. The molecule has 0 aromatic heterocycles. The molecule has 0 saturated carbocycles. The van der Waals surface area contributed by atoms with Crippen molar-refractivity contribution < 1.29 is 0 Å². The van der Waals surface area contributed by atoms with Crippen LogP contribution in [0, 0.1) is 0 Å². The van der Waals surface area contributed by atoms with Gasteiger partial charge in [-0.3, -0.25) is 0 Å². The summed E-state index contributed by atoms with van der Waals surface area (Å²) in [6.07, 6.45) is 0. The number of thiol groups is 1. The fraction of sp³-hybridized carbons (Fsp3) is 0.143. The third-order valence-corrected chi connectivity index (χ3v) is 2.95. The predicted octanol–water partition coefficient (Wildman–Crippen LogP) is 3.75. The summed E-state index contributed by atoms with van der Waals surface area (Å²) in [5.41, 5.74) is 2.66. The monoisotopic (exact) mass is 214 g/mol. The topological polar surface area (TPSA) is 0 Å². The van der Waals surface area contributed by atoms with E-state index in [2.05, 4.69) is 61.2 Å². The van der Waals surface area contributed by atoms with Gasteiger partial charge in [-0.1, -0.05) is 60.7 Å².